The summed E-state index contributed by atoms with van der Waals surface area (Å²) in [5.74, 6) is -11.3. The number of rotatable bonds is 9. The maximum Gasteiger partial charge on any atom is 0.329 e. The molecular formula is C27H26F6N4O2. The van der Waals surface area contributed by atoms with Crippen LogP contribution in [0.1, 0.15) is 36.5 Å². The number of alkyl halides is 4. The summed E-state index contributed by atoms with van der Waals surface area (Å²) >= 11 is 0. The van der Waals surface area contributed by atoms with Crippen molar-refractivity contribution in [2.45, 2.75) is 38.0 Å². The van der Waals surface area contributed by atoms with Crippen LogP contribution in [0, 0.1) is 17.6 Å². The van der Waals surface area contributed by atoms with E-state index in [4.69, 9.17) is 0 Å². The van der Waals surface area contributed by atoms with Gasteiger partial charge in [-0.05, 0) is 43.0 Å². The van der Waals surface area contributed by atoms with Gasteiger partial charge in [-0.25, -0.2) is 13.8 Å². The van der Waals surface area contributed by atoms with Crippen LogP contribution < -0.4 is 15.6 Å². The molecule has 2 aromatic heterocycles. The molecule has 0 saturated carbocycles. The second-order valence-electron chi connectivity index (χ2n) is 9.49. The average Bonchev–Trinajstić information content (AvgIpc) is 3.10. The van der Waals surface area contributed by atoms with Gasteiger partial charge in [0.1, 0.15) is 23.0 Å². The number of allylic oxidation sites excluding steroid dienone is 1. The number of amides is 1. The molecule has 1 fully saturated rings. The van der Waals surface area contributed by atoms with E-state index in [1.807, 2.05) is 6.92 Å². The van der Waals surface area contributed by atoms with Crippen LogP contribution in [0.4, 0.5) is 32.2 Å². The molecule has 6 nitrogen and oxygen atoms in total. The number of anilines is 1. The van der Waals surface area contributed by atoms with Gasteiger partial charge < -0.3 is 10.2 Å². The third-order valence-corrected chi connectivity index (χ3v) is 6.80. The van der Waals surface area contributed by atoms with Gasteiger partial charge in [0.15, 0.2) is 5.65 Å². The van der Waals surface area contributed by atoms with Crippen molar-refractivity contribution in [1.82, 2.24) is 14.9 Å². The van der Waals surface area contributed by atoms with Gasteiger partial charge in [-0.2, -0.15) is 17.6 Å². The SMILES string of the molecule is C=CCC(CC)CCNC(=O)c1cn(-c2ccc(F)cc2F)c2nc(N3CC(F)(F)C(F)(F)C3)ccc2c1=O. The summed E-state index contributed by atoms with van der Waals surface area (Å²) in [6.45, 7) is 3.32. The van der Waals surface area contributed by atoms with E-state index < -0.39 is 47.9 Å². The highest BCUT2D eigenvalue weighted by Gasteiger charge is 2.63. The molecule has 1 aliphatic heterocycles. The van der Waals surface area contributed by atoms with Crippen molar-refractivity contribution < 1.29 is 31.1 Å². The maximum absolute atomic E-state index is 14.8. The fourth-order valence-corrected chi connectivity index (χ4v) is 4.53. The molecule has 1 aliphatic rings. The summed E-state index contributed by atoms with van der Waals surface area (Å²) in [6, 6.07) is 4.83. The zero-order valence-electron chi connectivity index (χ0n) is 21.0. The Bertz CT molecular complexity index is 1460. The third-order valence-electron chi connectivity index (χ3n) is 6.80. The van der Waals surface area contributed by atoms with Crippen LogP contribution in [0.15, 0.2) is 54.0 Å². The van der Waals surface area contributed by atoms with Crippen LogP contribution in [0.5, 0.6) is 0 Å². The largest absolute Gasteiger partial charge is 0.352 e. The lowest BCUT2D eigenvalue weighted by molar-refractivity contribution is -0.172. The summed E-state index contributed by atoms with van der Waals surface area (Å²) in [4.78, 5) is 31.0. The molecule has 0 bridgehead atoms. The third kappa shape index (κ3) is 5.50. The van der Waals surface area contributed by atoms with Gasteiger partial charge in [-0.15, -0.1) is 6.58 Å². The van der Waals surface area contributed by atoms with Crippen LogP contribution in [0.25, 0.3) is 16.7 Å². The number of nitrogens with zero attached hydrogens (tertiary/aromatic N) is 3. The monoisotopic (exact) mass is 552 g/mol. The number of hydrogen-bond donors (Lipinski definition) is 1. The molecule has 12 heteroatoms. The summed E-state index contributed by atoms with van der Waals surface area (Å²) in [5.41, 5.74) is -1.73. The second-order valence-corrected chi connectivity index (χ2v) is 9.49. The molecule has 1 amide bonds. The molecule has 3 aromatic rings. The summed E-state index contributed by atoms with van der Waals surface area (Å²) < 4.78 is 84.7. The zero-order chi connectivity index (χ0) is 28.5. The molecule has 1 aromatic carbocycles. The van der Waals surface area contributed by atoms with Crippen molar-refractivity contribution in [3.05, 3.63) is 76.6 Å². The first-order valence-electron chi connectivity index (χ1n) is 12.3. The van der Waals surface area contributed by atoms with Crippen molar-refractivity contribution >= 4 is 22.8 Å². The van der Waals surface area contributed by atoms with E-state index in [1.54, 1.807) is 6.08 Å². The van der Waals surface area contributed by atoms with Crippen LogP contribution >= 0.6 is 0 Å². The van der Waals surface area contributed by atoms with Crippen molar-refractivity contribution in [1.29, 1.82) is 0 Å². The zero-order valence-corrected chi connectivity index (χ0v) is 21.0. The molecule has 0 aliphatic carbocycles. The maximum atomic E-state index is 14.8. The van der Waals surface area contributed by atoms with Crippen molar-refractivity contribution in [2.75, 3.05) is 24.5 Å². The second kappa shape index (κ2) is 10.7. The van der Waals surface area contributed by atoms with Crippen molar-refractivity contribution in [2.24, 2.45) is 5.92 Å². The number of carbonyl (C=O) groups excluding carboxylic acids is 1. The van der Waals surface area contributed by atoms with E-state index >= 15 is 0 Å². The number of carbonyl (C=O) groups is 1. The first-order valence-corrected chi connectivity index (χ1v) is 12.3. The molecule has 1 unspecified atom stereocenters. The first-order chi connectivity index (χ1) is 18.4. The molecule has 0 spiro atoms. The normalized spacial score (nSPS) is 16.8. The fraction of sp³-hybridized carbons (Fsp3) is 0.370. The van der Waals surface area contributed by atoms with E-state index in [2.05, 4.69) is 16.9 Å². The van der Waals surface area contributed by atoms with Gasteiger partial charge >= 0.3 is 11.8 Å². The first kappa shape index (κ1) is 28.2. The van der Waals surface area contributed by atoms with Gasteiger partial charge in [0.05, 0.1) is 24.2 Å². The highest BCUT2D eigenvalue weighted by Crippen LogP contribution is 2.42. The Morgan fingerprint density at radius 1 is 1.15 bits per heavy atom. The van der Waals surface area contributed by atoms with E-state index in [-0.39, 0.29) is 40.6 Å². The smallest absolute Gasteiger partial charge is 0.329 e. The Morgan fingerprint density at radius 3 is 2.46 bits per heavy atom. The van der Waals surface area contributed by atoms with Crippen LogP contribution in [0.2, 0.25) is 0 Å². The molecule has 39 heavy (non-hydrogen) atoms. The lowest BCUT2D eigenvalue weighted by atomic mass is 9.98. The van der Waals surface area contributed by atoms with Gasteiger partial charge in [0.2, 0.25) is 5.43 Å². The van der Waals surface area contributed by atoms with Crippen molar-refractivity contribution in [3.63, 3.8) is 0 Å². The quantitative estimate of drug-likeness (QED) is 0.282. The standard InChI is InChI=1S/C27H26F6N4O2/c1-3-5-16(4-2)10-11-34-25(39)19-13-37(21-8-6-17(28)12-20(21)29)24-18(23(19)38)7-9-22(35-24)36-14-26(30,31)27(32,33)15-36/h3,6-9,12-13,16H,1,4-5,10-11,14-15H2,2H3,(H,34,39). The highest BCUT2D eigenvalue weighted by atomic mass is 19.3. The Kier molecular flexibility index (Phi) is 7.76. The highest BCUT2D eigenvalue weighted by molar-refractivity contribution is 5.97. The molecule has 0 radical (unpaired) electrons. The number of benzene rings is 1. The predicted molar refractivity (Wildman–Crippen MR) is 135 cm³/mol. The molecule has 208 valence electrons. The Balaban J connectivity index is 1.79. The number of pyridine rings is 2. The van der Waals surface area contributed by atoms with Gasteiger partial charge in [0.25, 0.3) is 5.91 Å². The number of nitrogens with one attached hydrogen (secondary N) is 1. The minimum absolute atomic E-state index is 0.189. The molecule has 3 heterocycles. The average molecular weight is 553 g/mol. The minimum Gasteiger partial charge on any atom is -0.352 e. The van der Waals surface area contributed by atoms with E-state index in [1.165, 1.54) is 0 Å². The van der Waals surface area contributed by atoms with E-state index in [0.717, 1.165) is 47.9 Å². The topological polar surface area (TPSA) is 67.2 Å². The number of hydrogen-bond acceptors (Lipinski definition) is 4. The number of halogens is 6. The number of aromatic nitrogens is 2. The Morgan fingerprint density at radius 2 is 1.85 bits per heavy atom. The lowest BCUT2D eigenvalue weighted by Crippen LogP contribution is -2.38. The number of fused-ring (bicyclic) bond motifs is 1. The Labute approximate surface area is 219 Å². The summed E-state index contributed by atoms with van der Waals surface area (Å²) in [7, 11) is 0. The molecule has 1 saturated heterocycles. The molecular weight excluding hydrogens is 526 g/mol. The van der Waals surface area contributed by atoms with Gasteiger partial charge in [-0.1, -0.05) is 19.4 Å². The fourth-order valence-electron chi connectivity index (χ4n) is 4.53. The molecule has 1 atom stereocenters. The van der Waals surface area contributed by atoms with Crippen molar-refractivity contribution in [3.8, 4) is 5.69 Å². The van der Waals surface area contributed by atoms with E-state index in [9.17, 15) is 35.9 Å². The van der Waals surface area contributed by atoms with E-state index in [0.29, 0.717) is 17.4 Å². The molecule has 1 N–H and O–H groups in total. The lowest BCUT2D eigenvalue weighted by Gasteiger charge is -2.19. The van der Waals surface area contributed by atoms with Crippen LogP contribution in [0.3, 0.4) is 0 Å². The predicted octanol–water partition coefficient (Wildman–Crippen LogP) is 5.48. The summed E-state index contributed by atoms with van der Waals surface area (Å²) in [6.07, 6.45) is 5.03. The van der Waals surface area contributed by atoms with Crippen LogP contribution in [-0.2, 0) is 0 Å². The van der Waals surface area contributed by atoms with Gasteiger partial charge in [-0.3, -0.25) is 14.2 Å². The minimum atomic E-state index is -4.31. The molecule has 4 rings (SSSR count). The summed E-state index contributed by atoms with van der Waals surface area (Å²) in [5, 5.41) is 2.48. The van der Waals surface area contributed by atoms with Crippen LogP contribution in [-0.4, -0.2) is 46.9 Å². The van der Waals surface area contributed by atoms with Gasteiger partial charge in [0, 0.05) is 18.8 Å². The Hall–Kier alpha value is -3.83.